The molecule has 24 heavy (non-hydrogen) atoms. The lowest BCUT2D eigenvalue weighted by molar-refractivity contribution is -0.222. The van der Waals surface area contributed by atoms with E-state index in [2.05, 4.69) is 21.2 Å². The van der Waals surface area contributed by atoms with Gasteiger partial charge in [-0.15, -0.1) is 0 Å². The minimum atomic E-state index is -4.93. The highest BCUT2D eigenvalue weighted by Crippen LogP contribution is 2.39. The number of hydrogen-bond donors (Lipinski definition) is 1. The summed E-state index contributed by atoms with van der Waals surface area (Å²) in [6.45, 7) is 2.66. The molecule has 1 heterocycles. The van der Waals surface area contributed by atoms with Gasteiger partial charge >= 0.3 is 18.1 Å². The Hall–Kier alpha value is -2.10. The van der Waals surface area contributed by atoms with E-state index in [1.165, 1.54) is 13.8 Å². The minimum Gasteiger partial charge on any atom is -0.419 e. The molecule has 0 aromatic heterocycles. The summed E-state index contributed by atoms with van der Waals surface area (Å²) >= 11 is 2.62. The van der Waals surface area contributed by atoms with Gasteiger partial charge in [-0.05, 0) is 12.1 Å². The Labute approximate surface area is 141 Å². The zero-order chi connectivity index (χ0) is 18.3. The second-order valence-electron chi connectivity index (χ2n) is 5.16. The van der Waals surface area contributed by atoms with Gasteiger partial charge in [0.1, 0.15) is 5.56 Å². The summed E-state index contributed by atoms with van der Waals surface area (Å²) < 4.78 is 61.6. The van der Waals surface area contributed by atoms with Crippen LogP contribution < -0.4 is 5.32 Å². The van der Waals surface area contributed by atoms with Crippen LogP contribution in [0.5, 0.6) is 0 Å². The maximum absolute atomic E-state index is 14.0. The molecule has 0 unspecified atom stereocenters. The van der Waals surface area contributed by atoms with E-state index < -0.39 is 51.0 Å². The Kier molecular flexibility index (Phi) is 4.62. The van der Waals surface area contributed by atoms with E-state index in [1.54, 1.807) is 0 Å². The summed E-state index contributed by atoms with van der Waals surface area (Å²) in [5.41, 5.74) is -2.70. The average Bonchev–Trinajstić information content (AvgIpc) is 2.37. The van der Waals surface area contributed by atoms with Crippen LogP contribution in [-0.2, 0) is 25.2 Å². The molecule has 0 aliphatic carbocycles. The molecule has 130 valence electrons. The van der Waals surface area contributed by atoms with Crippen LogP contribution in [0.1, 0.15) is 19.4 Å². The SMILES string of the molecule is CC1(C)OC(=O)C(=CNc2ccc(Br)c(C(F)(F)F)c2F)C(=O)O1. The van der Waals surface area contributed by atoms with Crippen molar-refractivity contribution in [1.82, 2.24) is 0 Å². The number of ether oxygens (including phenoxy) is 2. The fraction of sp³-hybridized carbons (Fsp3) is 0.286. The molecule has 0 amide bonds. The lowest BCUT2D eigenvalue weighted by Crippen LogP contribution is -2.42. The number of cyclic esters (lactones) is 2. The van der Waals surface area contributed by atoms with Gasteiger partial charge in [0.05, 0.1) is 5.69 Å². The van der Waals surface area contributed by atoms with Gasteiger partial charge in [0.2, 0.25) is 0 Å². The lowest BCUT2D eigenvalue weighted by Gasteiger charge is -2.29. The van der Waals surface area contributed by atoms with E-state index in [4.69, 9.17) is 9.47 Å². The maximum Gasteiger partial charge on any atom is 0.420 e. The van der Waals surface area contributed by atoms with Gasteiger partial charge in [-0.25, -0.2) is 14.0 Å². The summed E-state index contributed by atoms with van der Waals surface area (Å²) in [6, 6.07) is 1.99. The number of hydrogen-bond acceptors (Lipinski definition) is 5. The van der Waals surface area contributed by atoms with Gasteiger partial charge in [-0.3, -0.25) is 0 Å². The largest absolute Gasteiger partial charge is 0.420 e. The molecule has 0 spiro atoms. The molecule has 1 aromatic rings. The van der Waals surface area contributed by atoms with E-state index in [9.17, 15) is 27.2 Å². The Balaban J connectivity index is 2.33. The van der Waals surface area contributed by atoms with Crippen molar-refractivity contribution in [3.8, 4) is 0 Å². The van der Waals surface area contributed by atoms with Crippen molar-refractivity contribution in [2.75, 3.05) is 5.32 Å². The van der Waals surface area contributed by atoms with E-state index in [-0.39, 0.29) is 0 Å². The number of nitrogens with one attached hydrogen (secondary N) is 1. The molecule has 0 atom stereocenters. The number of rotatable bonds is 2. The molecule has 1 aliphatic heterocycles. The highest BCUT2D eigenvalue weighted by atomic mass is 79.9. The molecule has 1 aromatic carbocycles. The molecular formula is C14H10BrF4NO4. The molecule has 1 fully saturated rings. The molecule has 0 bridgehead atoms. The van der Waals surface area contributed by atoms with Crippen LogP contribution in [0.25, 0.3) is 0 Å². The Morgan fingerprint density at radius 2 is 1.71 bits per heavy atom. The highest BCUT2D eigenvalue weighted by Gasteiger charge is 2.40. The van der Waals surface area contributed by atoms with Gasteiger partial charge in [-0.2, -0.15) is 13.2 Å². The van der Waals surface area contributed by atoms with Crippen LogP contribution in [0.3, 0.4) is 0 Å². The zero-order valence-corrected chi connectivity index (χ0v) is 13.8. The predicted octanol–water partition coefficient (Wildman–Crippen LogP) is 3.74. The van der Waals surface area contributed by atoms with Crippen molar-refractivity contribution in [3.63, 3.8) is 0 Å². The lowest BCUT2D eigenvalue weighted by atomic mass is 10.1. The number of carbonyl (C=O) groups is 2. The van der Waals surface area contributed by atoms with Crippen LogP contribution in [-0.4, -0.2) is 17.7 Å². The molecule has 5 nitrogen and oxygen atoms in total. The first-order valence-electron chi connectivity index (χ1n) is 6.41. The van der Waals surface area contributed by atoms with Crippen LogP contribution in [0, 0.1) is 5.82 Å². The topological polar surface area (TPSA) is 64.6 Å². The summed E-state index contributed by atoms with van der Waals surface area (Å²) in [5, 5.41) is 2.15. The van der Waals surface area contributed by atoms with Gasteiger partial charge in [0.15, 0.2) is 11.4 Å². The molecule has 10 heteroatoms. The van der Waals surface area contributed by atoms with E-state index in [0.29, 0.717) is 0 Å². The van der Waals surface area contributed by atoms with Crippen LogP contribution in [0.15, 0.2) is 28.4 Å². The summed E-state index contributed by atoms with van der Waals surface area (Å²) in [6.07, 6.45) is -4.20. The molecule has 1 aliphatic rings. The number of esters is 2. The third kappa shape index (κ3) is 3.69. The van der Waals surface area contributed by atoms with Crippen molar-refractivity contribution in [2.24, 2.45) is 0 Å². The molecule has 1 saturated heterocycles. The summed E-state index contributed by atoms with van der Waals surface area (Å²) in [7, 11) is 0. The summed E-state index contributed by atoms with van der Waals surface area (Å²) in [4.78, 5) is 23.4. The standard InChI is InChI=1S/C14H10BrF4NO4/c1-13(2)23-11(21)6(12(22)24-13)5-20-8-4-3-7(15)9(10(8)16)14(17,18)19/h3-5,20H,1-2H3. The Morgan fingerprint density at radius 3 is 2.21 bits per heavy atom. The van der Waals surface area contributed by atoms with Crippen LogP contribution >= 0.6 is 15.9 Å². The normalized spacial score (nSPS) is 17.2. The van der Waals surface area contributed by atoms with E-state index in [0.717, 1.165) is 18.3 Å². The van der Waals surface area contributed by atoms with E-state index >= 15 is 0 Å². The van der Waals surface area contributed by atoms with Gasteiger partial charge in [0, 0.05) is 24.5 Å². The fourth-order valence-corrected chi connectivity index (χ4v) is 2.38. The predicted molar refractivity (Wildman–Crippen MR) is 77.1 cm³/mol. The zero-order valence-electron chi connectivity index (χ0n) is 12.3. The molecule has 0 saturated carbocycles. The second kappa shape index (κ2) is 6.08. The highest BCUT2D eigenvalue weighted by molar-refractivity contribution is 9.10. The van der Waals surface area contributed by atoms with Gasteiger partial charge < -0.3 is 14.8 Å². The molecule has 1 N–H and O–H groups in total. The third-order valence-electron chi connectivity index (χ3n) is 2.86. The van der Waals surface area contributed by atoms with Crippen molar-refractivity contribution in [2.45, 2.75) is 25.8 Å². The monoisotopic (exact) mass is 411 g/mol. The van der Waals surface area contributed by atoms with Crippen LogP contribution in [0.4, 0.5) is 23.2 Å². The molecule has 2 rings (SSSR count). The van der Waals surface area contributed by atoms with Crippen molar-refractivity contribution in [3.05, 3.63) is 39.8 Å². The quantitative estimate of drug-likeness (QED) is 0.347. The molecular weight excluding hydrogens is 402 g/mol. The number of halogens is 5. The van der Waals surface area contributed by atoms with E-state index in [1.807, 2.05) is 0 Å². The third-order valence-corrected chi connectivity index (χ3v) is 3.52. The Morgan fingerprint density at radius 1 is 1.17 bits per heavy atom. The minimum absolute atomic E-state index is 0.482. The summed E-state index contributed by atoms with van der Waals surface area (Å²) in [5.74, 6) is -5.14. The smallest absolute Gasteiger partial charge is 0.419 e. The average molecular weight is 412 g/mol. The number of carbonyl (C=O) groups excluding carboxylic acids is 2. The van der Waals surface area contributed by atoms with Crippen molar-refractivity contribution in [1.29, 1.82) is 0 Å². The number of alkyl halides is 3. The first-order chi connectivity index (χ1) is 10.9. The van der Waals surface area contributed by atoms with Crippen LogP contribution in [0.2, 0.25) is 0 Å². The van der Waals surface area contributed by atoms with Crippen molar-refractivity contribution < 1.29 is 36.6 Å². The maximum atomic E-state index is 14.0. The number of benzene rings is 1. The van der Waals surface area contributed by atoms with Crippen molar-refractivity contribution >= 4 is 33.6 Å². The Bertz CT molecular complexity index is 721. The first-order valence-corrected chi connectivity index (χ1v) is 7.20. The van der Waals surface area contributed by atoms with Gasteiger partial charge in [0.25, 0.3) is 5.79 Å². The fourth-order valence-electron chi connectivity index (χ4n) is 1.85. The first kappa shape index (κ1) is 18.2. The molecule has 0 radical (unpaired) electrons. The second-order valence-corrected chi connectivity index (χ2v) is 6.02. The number of anilines is 1. The van der Waals surface area contributed by atoms with Gasteiger partial charge in [-0.1, -0.05) is 15.9 Å².